The number of rotatable bonds is 4. The van der Waals surface area contributed by atoms with E-state index in [9.17, 15) is 8.42 Å². The molecule has 2 heterocycles. The first-order valence-corrected chi connectivity index (χ1v) is 8.93. The van der Waals surface area contributed by atoms with Gasteiger partial charge in [0, 0.05) is 12.6 Å². The van der Waals surface area contributed by atoms with Crippen molar-refractivity contribution in [1.82, 2.24) is 14.5 Å². The van der Waals surface area contributed by atoms with E-state index in [-0.39, 0.29) is 6.10 Å². The zero-order valence-electron chi connectivity index (χ0n) is 13.1. The highest BCUT2D eigenvalue weighted by molar-refractivity contribution is 7.89. The van der Waals surface area contributed by atoms with E-state index in [0.717, 1.165) is 11.3 Å². The lowest BCUT2D eigenvalue weighted by atomic mass is 10.2. The van der Waals surface area contributed by atoms with Crippen molar-refractivity contribution < 1.29 is 13.2 Å². The van der Waals surface area contributed by atoms with Crippen molar-refractivity contribution in [3.63, 3.8) is 0 Å². The molecule has 1 saturated heterocycles. The van der Waals surface area contributed by atoms with Crippen molar-refractivity contribution in [2.24, 2.45) is 0 Å². The molecular weight excluding hydrogens is 314 g/mol. The van der Waals surface area contributed by atoms with E-state index in [2.05, 4.69) is 10.2 Å². The molecule has 6 nitrogen and oxygen atoms in total. The minimum atomic E-state index is -3.47. The van der Waals surface area contributed by atoms with Crippen molar-refractivity contribution in [3.05, 3.63) is 47.7 Å². The zero-order chi connectivity index (χ0) is 16.4. The first kappa shape index (κ1) is 15.9. The van der Waals surface area contributed by atoms with Crippen LogP contribution in [0.3, 0.4) is 0 Å². The van der Waals surface area contributed by atoms with E-state index in [4.69, 9.17) is 4.74 Å². The normalized spacial score (nSPS) is 19.0. The van der Waals surface area contributed by atoms with Gasteiger partial charge in [-0.1, -0.05) is 17.7 Å². The Hall–Kier alpha value is -1.99. The molecule has 1 aromatic heterocycles. The quantitative estimate of drug-likeness (QED) is 0.855. The molecule has 0 aliphatic carbocycles. The predicted octanol–water partition coefficient (Wildman–Crippen LogP) is 1.94. The summed E-state index contributed by atoms with van der Waals surface area (Å²) in [5.74, 6) is 0.426. The lowest BCUT2D eigenvalue weighted by Crippen LogP contribution is -2.31. The van der Waals surface area contributed by atoms with Crippen molar-refractivity contribution >= 4 is 10.0 Å². The highest BCUT2D eigenvalue weighted by Gasteiger charge is 2.33. The van der Waals surface area contributed by atoms with Crippen LogP contribution in [0.2, 0.25) is 0 Å². The minimum absolute atomic E-state index is 0.202. The van der Waals surface area contributed by atoms with Crippen LogP contribution in [0.25, 0.3) is 0 Å². The minimum Gasteiger partial charge on any atom is -0.472 e. The van der Waals surface area contributed by atoms with Crippen LogP contribution >= 0.6 is 0 Å². The second-order valence-corrected chi connectivity index (χ2v) is 7.66. The molecule has 1 fully saturated rings. The van der Waals surface area contributed by atoms with Gasteiger partial charge >= 0.3 is 0 Å². The van der Waals surface area contributed by atoms with Gasteiger partial charge in [0.25, 0.3) is 0 Å². The van der Waals surface area contributed by atoms with E-state index in [0.29, 0.717) is 30.3 Å². The van der Waals surface area contributed by atoms with Gasteiger partial charge in [0.15, 0.2) is 0 Å². The lowest BCUT2D eigenvalue weighted by molar-refractivity contribution is 0.204. The average molecular weight is 333 g/mol. The van der Waals surface area contributed by atoms with Crippen LogP contribution in [0.5, 0.6) is 5.88 Å². The summed E-state index contributed by atoms with van der Waals surface area (Å²) in [7, 11) is -3.47. The molecular formula is C16H19N3O3S. The fraction of sp³-hybridized carbons (Fsp3) is 0.375. The summed E-state index contributed by atoms with van der Waals surface area (Å²) in [5, 5.41) is 7.89. The van der Waals surface area contributed by atoms with E-state index in [1.54, 1.807) is 30.3 Å². The number of hydrogen-bond donors (Lipinski definition) is 0. The maximum absolute atomic E-state index is 12.6. The molecule has 3 rings (SSSR count). The van der Waals surface area contributed by atoms with Crippen LogP contribution in [-0.4, -0.2) is 42.1 Å². The molecule has 1 aliphatic heterocycles. The maximum atomic E-state index is 12.6. The Kier molecular flexibility index (Phi) is 4.32. The van der Waals surface area contributed by atoms with Crippen molar-refractivity contribution in [2.75, 3.05) is 13.1 Å². The van der Waals surface area contributed by atoms with Crippen molar-refractivity contribution in [1.29, 1.82) is 0 Å². The standard InChI is InChI=1S/C16H19N3O3S/c1-12-3-6-15(7-4-12)23(20,21)19-10-9-14(11-19)22-16-8-5-13(2)17-18-16/h3-8,14H,9-11H2,1-2H3. The van der Waals surface area contributed by atoms with Gasteiger partial charge in [-0.2, -0.15) is 9.40 Å². The molecule has 0 N–H and O–H groups in total. The Morgan fingerprint density at radius 3 is 2.48 bits per heavy atom. The van der Waals surface area contributed by atoms with Crippen LogP contribution in [0.15, 0.2) is 41.3 Å². The fourth-order valence-corrected chi connectivity index (χ4v) is 3.98. The number of ether oxygens (including phenoxy) is 1. The number of aromatic nitrogens is 2. The highest BCUT2D eigenvalue weighted by Crippen LogP contribution is 2.23. The summed E-state index contributed by atoms with van der Waals surface area (Å²) in [6, 6.07) is 10.5. The monoisotopic (exact) mass is 333 g/mol. The maximum Gasteiger partial charge on any atom is 0.243 e. The summed E-state index contributed by atoms with van der Waals surface area (Å²) in [4.78, 5) is 0.318. The van der Waals surface area contributed by atoms with Gasteiger partial charge in [0.2, 0.25) is 15.9 Å². The molecule has 0 spiro atoms. The molecule has 1 atom stereocenters. The number of nitrogens with zero attached hydrogens (tertiary/aromatic N) is 3. The van der Waals surface area contributed by atoms with E-state index in [1.165, 1.54) is 4.31 Å². The average Bonchev–Trinajstić information content (AvgIpc) is 2.99. The first-order valence-electron chi connectivity index (χ1n) is 7.49. The molecule has 1 unspecified atom stereocenters. The van der Waals surface area contributed by atoms with Gasteiger partial charge in [-0.05, 0) is 38.5 Å². The molecule has 1 aromatic carbocycles. The second-order valence-electron chi connectivity index (χ2n) is 5.72. The SMILES string of the molecule is Cc1ccc(S(=O)(=O)N2CCC(Oc3ccc(C)nn3)C2)cc1. The largest absolute Gasteiger partial charge is 0.472 e. The summed E-state index contributed by atoms with van der Waals surface area (Å²) in [6.07, 6.45) is 0.438. The van der Waals surface area contributed by atoms with Gasteiger partial charge < -0.3 is 4.74 Å². The smallest absolute Gasteiger partial charge is 0.243 e. The second kappa shape index (κ2) is 6.25. The first-order chi connectivity index (χ1) is 10.9. The molecule has 122 valence electrons. The van der Waals surface area contributed by atoms with Gasteiger partial charge in [0.05, 0.1) is 17.1 Å². The van der Waals surface area contributed by atoms with Crippen LogP contribution in [0.1, 0.15) is 17.7 Å². The Bertz CT molecular complexity index is 773. The molecule has 2 aromatic rings. The van der Waals surface area contributed by atoms with Crippen LogP contribution < -0.4 is 4.74 Å². The summed E-state index contributed by atoms with van der Waals surface area (Å²) in [5.41, 5.74) is 1.84. The lowest BCUT2D eigenvalue weighted by Gasteiger charge is -2.17. The highest BCUT2D eigenvalue weighted by atomic mass is 32.2. The topological polar surface area (TPSA) is 72.4 Å². The van der Waals surface area contributed by atoms with Crippen LogP contribution in [0.4, 0.5) is 0 Å². The molecule has 0 saturated carbocycles. The molecule has 23 heavy (non-hydrogen) atoms. The molecule has 1 aliphatic rings. The molecule has 0 radical (unpaired) electrons. The number of hydrogen-bond acceptors (Lipinski definition) is 5. The van der Waals surface area contributed by atoms with Gasteiger partial charge in [-0.3, -0.25) is 0 Å². The van der Waals surface area contributed by atoms with Crippen LogP contribution in [-0.2, 0) is 10.0 Å². The molecule has 0 bridgehead atoms. The zero-order valence-corrected chi connectivity index (χ0v) is 14.0. The fourth-order valence-electron chi connectivity index (χ4n) is 2.49. The van der Waals surface area contributed by atoms with Gasteiger partial charge in [0.1, 0.15) is 6.10 Å². The van der Waals surface area contributed by atoms with E-state index >= 15 is 0 Å². The van der Waals surface area contributed by atoms with Crippen molar-refractivity contribution in [3.8, 4) is 5.88 Å². The molecule has 7 heteroatoms. The number of sulfonamides is 1. The predicted molar refractivity (Wildman–Crippen MR) is 85.7 cm³/mol. The van der Waals surface area contributed by atoms with E-state index in [1.807, 2.05) is 19.9 Å². The van der Waals surface area contributed by atoms with Crippen molar-refractivity contribution in [2.45, 2.75) is 31.3 Å². The summed E-state index contributed by atoms with van der Waals surface area (Å²) < 4.78 is 32.5. The third-order valence-corrected chi connectivity index (χ3v) is 5.71. The third-order valence-electron chi connectivity index (χ3n) is 3.83. The number of benzene rings is 1. The summed E-state index contributed by atoms with van der Waals surface area (Å²) >= 11 is 0. The number of aryl methyl sites for hydroxylation is 2. The Labute approximate surface area is 136 Å². The Morgan fingerprint density at radius 1 is 1.09 bits per heavy atom. The van der Waals surface area contributed by atoms with E-state index < -0.39 is 10.0 Å². The van der Waals surface area contributed by atoms with Gasteiger partial charge in [-0.15, -0.1) is 5.10 Å². The Morgan fingerprint density at radius 2 is 1.83 bits per heavy atom. The van der Waals surface area contributed by atoms with Crippen LogP contribution in [0, 0.1) is 13.8 Å². The summed E-state index contributed by atoms with van der Waals surface area (Å²) in [6.45, 7) is 4.55. The van der Waals surface area contributed by atoms with Gasteiger partial charge in [-0.25, -0.2) is 8.42 Å². The molecule has 0 amide bonds. The Balaban J connectivity index is 1.69. The third kappa shape index (κ3) is 3.51.